The first-order valence-electron chi connectivity index (χ1n) is 7.17. The van der Waals surface area contributed by atoms with Gasteiger partial charge < -0.3 is 15.2 Å². The molecule has 0 heterocycles. The van der Waals surface area contributed by atoms with E-state index < -0.39 is 5.60 Å². The van der Waals surface area contributed by atoms with Gasteiger partial charge in [-0.15, -0.1) is 0 Å². The Morgan fingerprint density at radius 2 is 1.68 bits per heavy atom. The first-order chi connectivity index (χ1) is 10.5. The highest BCUT2D eigenvalue weighted by atomic mass is 16.5. The molecule has 0 aliphatic carbocycles. The van der Waals surface area contributed by atoms with Crippen LogP contribution in [0, 0.1) is 0 Å². The molecule has 22 heavy (non-hydrogen) atoms. The van der Waals surface area contributed by atoms with Crippen molar-refractivity contribution >= 4 is 5.91 Å². The summed E-state index contributed by atoms with van der Waals surface area (Å²) < 4.78 is 4.91. The molecule has 0 radical (unpaired) electrons. The van der Waals surface area contributed by atoms with E-state index in [0.717, 1.165) is 11.1 Å². The van der Waals surface area contributed by atoms with E-state index in [4.69, 9.17) is 4.74 Å². The van der Waals surface area contributed by atoms with Crippen LogP contribution in [0.5, 0.6) is 0 Å². The molecule has 2 rings (SSSR count). The number of carbonyl (C=O) groups excluding carboxylic acids is 1. The lowest BCUT2D eigenvalue weighted by atomic mass is 10.0. The normalized spacial score (nSPS) is 13.4. The van der Waals surface area contributed by atoms with Crippen LogP contribution in [0.4, 0.5) is 0 Å². The summed E-state index contributed by atoms with van der Waals surface area (Å²) in [7, 11) is 1.51. The molecule has 4 heteroatoms. The second-order valence-corrected chi connectivity index (χ2v) is 5.56. The summed E-state index contributed by atoms with van der Waals surface area (Å²) in [5.41, 5.74) is 1.66. The first-order valence-corrected chi connectivity index (χ1v) is 7.17. The molecule has 0 saturated heterocycles. The SMILES string of the molecule is COC[C@](C)(O)CNC(=O)c1ccc(-c2ccccc2)cc1. The molecule has 1 atom stereocenters. The Kier molecular flexibility index (Phi) is 5.31. The second kappa shape index (κ2) is 7.20. The van der Waals surface area contributed by atoms with Gasteiger partial charge in [-0.1, -0.05) is 42.5 Å². The van der Waals surface area contributed by atoms with Crippen LogP contribution in [-0.4, -0.2) is 36.9 Å². The standard InChI is InChI=1S/C18H21NO3/c1-18(21,13-22-2)12-19-17(20)16-10-8-15(9-11-16)14-6-4-3-5-7-14/h3-11,21H,12-13H2,1-2H3,(H,19,20)/t18-/m1/s1. The van der Waals surface area contributed by atoms with Gasteiger partial charge in [-0.2, -0.15) is 0 Å². The molecule has 2 aromatic rings. The van der Waals surface area contributed by atoms with E-state index in [-0.39, 0.29) is 19.1 Å². The molecular weight excluding hydrogens is 278 g/mol. The molecule has 0 bridgehead atoms. The van der Waals surface area contributed by atoms with Crippen molar-refractivity contribution < 1.29 is 14.6 Å². The molecule has 0 unspecified atom stereocenters. The van der Waals surface area contributed by atoms with Gasteiger partial charge >= 0.3 is 0 Å². The molecule has 2 N–H and O–H groups in total. The molecule has 0 fully saturated rings. The summed E-state index contributed by atoms with van der Waals surface area (Å²) in [4.78, 5) is 12.1. The van der Waals surface area contributed by atoms with Crippen molar-refractivity contribution in [1.29, 1.82) is 0 Å². The summed E-state index contributed by atoms with van der Waals surface area (Å²) in [5, 5.41) is 12.7. The van der Waals surface area contributed by atoms with E-state index in [2.05, 4.69) is 5.32 Å². The van der Waals surface area contributed by atoms with Crippen LogP contribution in [0.25, 0.3) is 11.1 Å². The number of methoxy groups -OCH3 is 1. The average molecular weight is 299 g/mol. The maximum atomic E-state index is 12.1. The quantitative estimate of drug-likeness (QED) is 0.861. The Balaban J connectivity index is 2.00. The van der Waals surface area contributed by atoms with Crippen LogP contribution in [0.3, 0.4) is 0 Å². The zero-order valence-corrected chi connectivity index (χ0v) is 12.9. The molecule has 0 aromatic heterocycles. The highest BCUT2D eigenvalue weighted by Gasteiger charge is 2.21. The average Bonchev–Trinajstić information content (AvgIpc) is 2.54. The number of rotatable bonds is 6. The molecule has 2 aromatic carbocycles. The maximum absolute atomic E-state index is 12.1. The Morgan fingerprint density at radius 3 is 2.27 bits per heavy atom. The summed E-state index contributed by atoms with van der Waals surface area (Å²) in [6.07, 6.45) is 0. The Morgan fingerprint density at radius 1 is 1.09 bits per heavy atom. The highest BCUT2D eigenvalue weighted by Crippen LogP contribution is 2.19. The monoisotopic (exact) mass is 299 g/mol. The van der Waals surface area contributed by atoms with E-state index >= 15 is 0 Å². The molecule has 0 aliphatic rings. The first kappa shape index (κ1) is 16.2. The van der Waals surface area contributed by atoms with E-state index in [1.165, 1.54) is 7.11 Å². The number of amides is 1. The zero-order chi connectivity index (χ0) is 16.0. The van der Waals surface area contributed by atoms with Gasteiger partial charge in [-0.3, -0.25) is 4.79 Å². The third-order valence-corrected chi connectivity index (χ3v) is 3.34. The second-order valence-electron chi connectivity index (χ2n) is 5.56. The number of hydrogen-bond donors (Lipinski definition) is 2. The molecule has 0 spiro atoms. The summed E-state index contributed by atoms with van der Waals surface area (Å²) >= 11 is 0. The smallest absolute Gasteiger partial charge is 0.251 e. The fourth-order valence-corrected chi connectivity index (χ4v) is 2.18. The van der Waals surface area contributed by atoms with Crippen LogP contribution >= 0.6 is 0 Å². The zero-order valence-electron chi connectivity index (χ0n) is 12.9. The van der Waals surface area contributed by atoms with Gasteiger partial charge in [0.2, 0.25) is 0 Å². The van der Waals surface area contributed by atoms with Crippen molar-refractivity contribution in [3.05, 3.63) is 60.2 Å². The maximum Gasteiger partial charge on any atom is 0.251 e. The predicted molar refractivity (Wildman–Crippen MR) is 86.7 cm³/mol. The van der Waals surface area contributed by atoms with Crippen LogP contribution < -0.4 is 5.32 Å². The summed E-state index contributed by atoms with van der Waals surface area (Å²) in [5.74, 6) is -0.212. The number of benzene rings is 2. The predicted octanol–water partition coefficient (Wildman–Crippen LogP) is 2.48. The van der Waals surface area contributed by atoms with E-state index in [9.17, 15) is 9.90 Å². The van der Waals surface area contributed by atoms with Crippen molar-refractivity contribution in [3.63, 3.8) is 0 Å². The van der Waals surface area contributed by atoms with Crippen molar-refractivity contribution in [3.8, 4) is 11.1 Å². The molecule has 0 aliphatic heterocycles. The van der Waals surface area contributed by atoms with Crippen LogP contribution in [0.1, 0.15) is 17.3 Å². The highest BCUT2D eigenvalue weighted by molar-refractivity contribution is 5.94. The third-order valence-electron chi connectivity index (χ3n) is 3.34. The lowest BCUT2D eigenvalue weighted by Gasteiger charge is -2.22. The lowest BCUT2D eigenvalue weighted by Crippen LogP contribution is -2.43. The lowest BCUT2D eigenvalue weighted by molar-refractivity contribution is -0.0147. The Labute approximate surface area is 130 Å². The van der Waals surface area contributed by atoms with Gasteiger partial charge in [0.25, 0.3) is 5.91 Å². The summed E-state index contributed by atoms with van der Waals surface area (Å²) in [6.45, 7) is 1.93. The summed E-state index contributed by atoms with van der Waals surface area (Å²) in [6, 6.07) is 17.4. The molecular formula is C18H21NO3. The van der Waals surface area contributed by atoms with Gasteiger partial charge in [-0.05, 0) is 30.2 Å². The number of hydrogen-bond acceptors (Lipinski definition) is 3. The van der Waals surface area contributed by atoms with Gasteiger partial charge in [-0.25, -0.2) is 0 Å². The fourth-order valence-electron chi connectivity index (χ4n) is 2.18. The minimum atomic E-state index is -1.08. The topological polar surface area (TPSA) is 58.6 Å². The number of ether oxygens (including phenoxy) is 1. The number of carbonyl (C=O) groups is 1. The van der Waals surface area contributed by atoms with Gasteiger partial charge in [0.1, 0.15) is 5.60 Å². The van der Waals surface area contributed by atoms with E-state index in [1.807, 2.05) is 42.5 Å². The fraction of sp³-hybridized carbons (Fsp3) is 0.278. The van der Waals surface area contributed by atoms with Crippen LogP contribution in [-0.2, 0) is 4.74 Å². The molecule has 1 amide bonds. The van der Waals surface area contributed by atoms with Crippen LogP contribution in [0.2, 0.25) is 0 Å². The third kappa shape index (κ3) is 4.41. The largest absolute Gasteiger partial charge is 0.386 e. The van der Waals surface area contributed by atoms with E-state index in [0.29, 0.717) is 5.56 Å². The van der Waals surface area contributed by atoms with Crippen molar-refractivity contribution in [2.24, 2.45) is 0 Å². The minimum absolute atomic E-state index is 0.139. The Bertz CT molecular complexity index is 606. The van der Waals surface area contributed by atoms with Crippen molar-refractivity contribution in [2.45, 2.75) is 12.5 Å². The van der Waals surface area contributed by atoms with Gasteiger partial charge in [0, 0.05) is 19.2 Å². The van der Waals surface area contributed by atoms with E-state index in [1.54, 1.807) is 19.1 Å². The van der Waals surface area contributed by atoms with Gasteiger partial charge in [0.15, 0.2) is 0 Å². The van der Waals surface area contributed by atoms with Crippen LogP contribution in [0.15, 0.2) is 54.6 Å². The number of nitrogens with one attached hydrogen (secondary N) is 1. The minimum Gasteiger partial charge on any atom is -0.386 e. The molecule has 0 saturated carbocycles. The molecule has 116 valence electrons. The molecule has 4 nitrogen and oxygen atoms in total. The van der Waals surface area contributed by atoms with Gasteiger partial charge in [0.05, 0.1) is 6.61 Å². The number of aliphatic hydroxyl groups is 1. The Hall–Kier alpha value is -2.17. The van der Waals surface area contributed by atoms with Crippen molar-refractivity contribution in [2.75, 3.05) is 20.3 Å². The van der Waals surface area contributed by atoms with Crippen molar-refractivity contribution in [1.82, 2.24) is 5.32 Å².